The number of aryl methyl sites for hydroxylation is 2. The zero-order chi connectivity index (χ0) is 16.2. The Balaban J connectivity index is 1.55. The van der Waals surface area contributed by atoms with E-state index in [4.69, 9.17) is 4.74 Å². The average molecular weight is 316 g/mol. The minimum absolute atomic E-state index is 0.838. The molecule has 1 aromatic rings. The largest absolute Gasteiger partial charge is 0.496 e. The lowest BCUT2D eigenvalue weighted by atomic mass is 9.98. The fourth-order valence-electron chi connectivity index (χ4n) is 4.21. The number of rotatable bonds is 4. The van der Waals surface area contributed by atoms with Crippen molar-refractivity contribution in [3.05, 3.63) is 28.8 Å². The van der Waals surface area contributed by atoms with Gasteiger partial charge in [-0.1, -0.05) is 12.5 Å². The van der Waals surface area contributed by atoms with Gasteiger partial charge in [-0.25, -0.2) is 0 Å². The number of benzene rings is 1. The Bertz CT molecular complexity index is 515. The van der Waals surface area contributed by atoms with E-state index in [2.05, 4.69) is 35.8 Å². The topological polar surface area (TPSA) is 15.7 Å². The molecule has 2 heterocycles. The maximum atomic E-state index is 5.43. The molecule has 0 radical (unpaired) electrons. The molecule has 0 aliphatic carbocycles. The first-order valence-corrected chi connectivity index (χ1v) is 9.28. The minimum Gasteiger partial charge on any atom is -0.496 e. The van der Waals surface area contributed by atoms with Crippen molar-refractivity contribution in [3.8, 4) is 5.75 Å². The van der Waals surface area contributed by atoms with Crippen molar-refractivity contribution in [1.82, 2.24) is 9.80 Å². The molecule has 0 saturated carbocycles. The monoisotopic (exact) mass is 316 g/mol. The molecule has 0 spiro atoms. The zero-order valence-electron chi connectivity index (χ0n) is 15.1. The highest BCUT2D eigenvalue weighted by Crippen LogP contribution is 2.26. The van der Waals surface area contributed by atoms with Crippen molar-refractivity contribution >= 4 is 0 Å². The second-order valence-corrected chi connectivity index (χ2v) is 7.35. The van der Waals surface area contributed by atoms with E-state index < -0.39 is 0 Å². The molecule has 0 bridgehead atoms. The predicted molar refractivity (Wildman–Crippen MR) is 96.2 cm³/mol. The smallest absolute Gasteiger partial charge is 0.122 e. The highest BCUT2D eigenvalue weighted by molar-refractivity contribution is 5.41. The van der Waals surface area contributed by atoms with Gasteiger partial charge in [0.25, 0.3) is 0 Å². The van der Waals surface area contributed by atoms with Gasteiger partial charge in [-0.15, -0.1) is 0 Å². The number of likely N-dealkylation sites (tertiary alicyclic amines) is 2. The number of nitrogens with zero attached hydrogens (tertiary/aromatic N) is 2. The molecule has 0 atom stereocenters. The summed E-state index contributed by atoms with van der Waals surface area (Å²) < 4.78 is 5.43. The van der Waals surface area contributed by atoms with E-state index in [1.807, 2.05) is 0 Å². The summed E-state index contributed by atoms with van der Waals surface area (Å²) in [6.07, 6.45) is 6.93. The molecule has 0 unspecified atom stereocenters. The predicted octanol–water partition coefficient (Wildman–Crippen LogP) is 3.76. The molecule has 3 nitrogen and oxygen atoms in total. The summed E-state index contributed by atoms with van der Waals surface area (Å²) in [6.45, 7) is 10.6. The fourth-order valence-corrected chi connectivity index (χ4v) is 4.21. The van der Waals surface area contributed by atoms with Crippen LogP contribution in [0.15, 0.2) is 12.1 Å². The van der Waals surface area contributed by atoms with E-state index in [0.29, 0.717) is 0 Å². The van der Waals surface area contributed by atoms with E-state index in [0.717, 1.165) is 18.3 Å². The van der Waals surface area contributed by atoms with Crippen LogP contribution in [0.4, 0.5) is 0 Å². The highest BCUT2D eigenvalue weighted by Gasteiger charge is 2.25. The maximum Gasteiger partial charge on any atom is 0.122 e. The summed E-state index contributed by atoms with van der Waals surface area (Å²) >= 11 is 0. The van der Waals surface area contributed by atoms with Crippen LogP contribution in [-0.2, 0) is 6.54 Å². The van der Waals surface area contributed by atoms with Crippen molar-refractivity contribution in [2.75, 3.05) is 33.3 Å². The van der Waals surface area contributed by atoms with Crippen LogP contribution in [0.2, 0.25) is 0 Å². The Morgan fingerprint density at radius 3 is 2.30 bits per heavy atom. The highest BCUT2D eigenvalue weighted by atomic mass is 16.5. The first-order chi connectivity index (χ1) is 11.2. The Morgan fingerprint density at radius 1 is 0.957 bits per heavy atom. The van der Waals surface area contributed by atoms with Gasteiger partial charge in [0, 0.05) is 12.6 Å². The lowest BCUT2D eigenvalue weighted by molar-refractivity contribution is 0.0895. The van der Waals surface area contributed by atoms with Gasteiger partial charge in [-0.3, -0.25) is 4.90 Å². The summed E-state index contributed by atoms with van der Waals surface area (Å²) in [6, 6.07) is 5.33. The van der Waals surface area contributed by atoms with Crippen LogP contribution in [0, 0.1) is 13.8 Å². The van der Waals surface area contributed by atoms with Crippen LogP contribution in [0.5, 0.6) is 5.75 Å². The molecule has 2 aliphatic heterocycles. The quantitative estimate of drug-likeness (QED) is 0.841. The van der Waals surface area contributed by atoms with E-state index in [9.17, 15) is 0 Å². The van der Waals surface area contributed by atoms with Gasteiger partial charge in [-0.05, 0) is 88.5 Å². The van der Waals surface area contributed by atoms with E-state index in [-0.39, 0.29) is 0 Å². The number of methoxy groups -OCH3 is 1. The summed E-state index contributed by atoms with van der Waals surface area (Å²) in [4.78, 5) is 5.39. The fraction of sp³-hybridized carbons (Fsp3) is 0.700. The Labute approximate surface area is 141 Å². The van der Waals surface area contributed by atoms with Gasteiger partial charge in [0.05, 0.1) is 7.11 Å². The normalized spacial score (nSPS) is 21.5. The molecule has 1 aromatic carbocycles. The van der Waals surface area contributed by atoms with Gasteiger partial charge in [0.15, 0.2) is 0 Å². The van der Waals surface area contributed by atoms with Crippen LogP contribution < -0.4 is 4.74 Å². The zero-order valence-corrected chi connectivity index (χ0v) is 15.1. The van der Waals surface area contributed by atoms with Crippen LogP contribution in [-0.4, -0.2) is 49.1 Å². The van der Waals surface area contributed by atoms with Crippen LogP contribution >= 0.6 is 0 Å². The molecule has 0 amide bonds. The third-order valence-electron chi connectivity index (χ3n) is 5.71. The lowest BCUT2D eigenvalue weighted by Gasteiger charge is -2.40. The molecule has 2 aliphatic rings. The summed E-state index contributed by atoms with van der Waals surface area (Å²) in [7, 11) is 1.76. The third-order valence-corrected chi connectivity index (χ3v) is 5.71. The summed E-state index contributed by atoms with van der Waals surface area (Å²) in [5, 5.41) is 0. The molecule has 3 heteroatoms. The van der Waals surface area contributed by atoms with Gasteiger partial charge < -0.3 is 9.64 Å². The van der Waals surface area contributed by atoms with Crippen molar-refractivity contribution in [1.29, 1.82) is 0 Å². The van der Waals surface area contributed by atoms with Crippen molar-refractivity contribution in [2.45, 2.75) is 58.5 Å². The summed E-state index contributed by atoms with van der Waals surface area (Å²) in [5.41, 5.74) is 4.06. The van der Waals surface area contributed by atoms with E-state index in [1.54, 1.807) is 7.11 Å². The second kappa shape index (κ2) is 7.67. The number of hydrogen-bond donors (Lipinski definition) is 0. The van der Waals surface area contributed by atoms with E-state index >= 15 is 0 Å². The molecular formula is C20H32N2O. The van der Waals surface area contributed by atoms with Gasteiger partial charge in [-0.2, -0.15) is 0 Å². The first-order valence-electron chi connectivity index (χ1n) is 9.28. The van der Waals surface area contributed by atoms with Crippen LogP contribution in [0.3, 0.4) is 0 Å². The Morgan fingerprint density at radius 2 is 1.65 bits per heavy atom. The molecular weight excluding hydrogens is 284 g/mol. The first kappa shape index (κ1) is 16.8. The lowest BCUT2D eigenvalue weighted by Crippen LogP contribution is -2.46. The third kappa shape index (κ3) is 4.07. The Kier molecular flexibility index (Phi) is 5.60. The van der Waals surface area contributed by atoms with Crippen LogP contribution in [0.1, 0.15) is 48.8 Å². The number of ether oxygens (including phenoxy) is 1. The molecule has 0 N–H and O–H groups in total. The SMILES string of the molecule is COc1cc(C)c(CN2CCC(N3CCCCC3)CC2)cc1C. The van der Waals surface area contributed by atoms with Crippen molar-refractivity contribution in [2.24, 2.45) is 0 Å². The molecule has 3 rings (SSSR count). The second-order valence-electron chi connectivity index (χ2n) is 7.35. The number of hydrogen-bond acceptors (Lipinski definition) is 3. The molecule has 2 saturated heterocycles. The molecule has 128 valence electrons. The number of piperidine rings is 2. The molecule has 2 fully saturated rings. The van der Waals surface area contributed by atoms with Gasteiger partial charge in [0.1, 0.15) is 5.75 Å². The summed E-state index contributed by atoms with van der Waals surface area (Å²) in [5.74, 6) is 1.01. The van der Waals surface area contributed by atoms with E-state index in [1.165, 1.54) is 75.0 Å². The molecule has 0 aromatic heterocycles. The molecule has 23 heavy (non-hydrogen) atoms. The average Bonchev–Trinajstić information content (AvgIpc) is 2.59. The van der Waals surface area contributed by atoms with Gasteiger partial charge >= 0.3 is 0 Å². The van der Waals surface area contributed by atoms with Crippen molar-refractivity contribution in [3.63, 3.8) is 0 Å². The maximum absolute atomic E-state index is 5.43. The standard InChI is InChI=1S/C20H32N2O/c1-16-14-20(23-3)17(2)13-18(16)15-21-11-7-19(8-12-21)22-9-5-4-6-10-22/h13-14,19H,4-12,15H2,1-3H3. The van der Waals surface area contributed by atoms with Crippen LogP contribution in [0.25, 0.3) is 0 Å². The van der Waals surface area contributed by atoms with Crippen molar-refractivity contribution < 1.29 is 4.74 Å². The minimum atomic E-state index is 0.838. The van der Waals surface area contributed by atoms with Gasteiger partial charge in [0.2, 0.25) is 0 Å². The Hall–Kier alpha value is -1.06.